The first-order chi connectivity index (χ1) is 13.2. The highest BCUT2D eigenvalue weighted by atomic mass is 14.5. The van der Waals surface area contributed by atoms with Gasteiger partial charge in [-0.05, 0) is 64.1 Å². The predicted molar refractivity (Wildman–Crippen MR) is 115 cm³/mol. The molecule has 0 saturated carbocycles. The fourth-order valence-electron chi connectivity index (χ4n) is 3.22. The molecule has 27 heavy (non-hydrogen) atoms. The van der Waals surface area contributed by atoms with E-state index in [2.05, 4.69) is 72.8 Å². The Morgan fingerprint density at radius 1 is 0.370 bits per heavy atom. The lowest BCUT2D eigenvalue weighted by Gasteiger charge is -2.07. The Balaban J connectivity index is 1.47. The number of anilines is 2. The molecule has 4 aromatic carbocycles. The SMILES string of the molecule is Nc1ccc(-c2ccc(Cc3ccc(-c4ccc(N)cc4)cc3)cc2)cc1. The van der Waals surface area contributed by atoms with Crippen LogP contribution in [0.15, 0.2) is 97.1 Å². The van der Waals surface area contributed by atoms with E-state index < -0.39 is 0 Å². The minimum absolute atomic E-state index is 0.790. The standard InChI is InChI=1S/C25H22N2/c26-24-13-9-22(10-14-24)20-5-1-18(2-6-20)17-19-3-7-21(8-4-19)23-11-15-25(27)16-12-23/h1-16H,17,26-27H2. The summed E-state index contributed by atoms with van der Waals surface area (Å²) >= 11 is 0. The van der Waals surface area contributed by atoms with Gasteiger partial charge in [0, 0.05) is 11.4 Å². The molecule has 0 atom stereocenters. The van der Waals surface area contributed by atoms with Gasteiger partial charge in [-0.1, -0.05) is 72.8 Å². The molecule has 0 heterocycles. The van der Waals surface area contributed by atoms with Crippen molar-refractivity contribution in [3.8, 4) is 22.3 Å². The van der Waals surface area contributed by atoms with Gasteiger partial charge in [-0.2, -0.15) is 0 Å². The zero-order valence-corrected chi connectivity index (χ0v) is 15.1. The van der Waals surface area contributed by atoms with Gasteiger partial charge in [0.2, 0.25) is 0 Å². The summed E-state index contributed by atoms with van der Waals surface area (Å²) < 4.78 is 0. The summed E-state index contributed by atoms with van der Waals surface area (Å²) in [5.41, 5.74) is 20.5. The molecule has 4 aromatic rings. The third-order valence-electron chi connectivity index (χ3n) is 4.80. The van der Waals surface area contributed by atoms with Crippen molar-refractivity contribution in [2.45, 2.75) is 6.42 Å². The van der Waals surface area contributed by atoms with E-state index in [1.54, 1.807) is 0 Å². The lowest BCUT2D eigenvalue weighted by Crippen LogP contribution is -1.89. The van der Waals surface area contributed by atoms with Crippen LogP contribution in [-0.4, -0.2) is 0 Å². The summed E-state index contributed by atoms with van der Waals surface area (Å²) in [5.74, 6) is 0. The first kappa shape index (κ1) is 16.9. The Bertz CT molecular complexity index is 927. The monoisotopic (exact) mass is 350 g/mol. The van der Waals surface area contributed by atoms with Crippen molar-refractivity contribution in [3.63, 3.8) is 0 Å². The van der Waals surface area contributed by atoms with Crippen LogP contribution in [0.3, 0.4) is 0 Å². The Kier molecular flexibility index (Phi) is 4.63. The lowest BCUT2D eigenvalue weighted by molar-refractivity contribution is 1.19. The maximum absolute atomic E-state index is 5.76. The highest BCUT2D eigenvalue weighted by molar-refractivity contribution is 5.67. The molecule has 0 spiro atoms. The molecule has 0 saturated heterocycles. The average molecular weight is 350 g/mol. The maximum atomic E-state index is 5.76. The van der Waals surface area contributed by atoms with Crippen LogP contribution in [0.25, 0.3) is 22.3 Å². The fourth-order valence-corrected chi connectivity index (χ4v) is 3.22. The second-order valence-corrected chi connectivity index (χ2v) is 6.81. The summed E-state index contributed by atoms with van der Waals surface area (Å²) in [5, 5.41) is 0. The van der Waals surface area contributed by atoms with Crippen molar-refractivity contribution >= 4 is 11.4 Å². The van der Waals surface area contributed by atoms with E-state index >= 15 is 0 Å². The van der Waals surface area contributed by atoms with Gasteiger partial charge in [-0.25, -0.2) is 0 Å². The number of nitrogens with two attached hydrogens (primary N) is 2. The number of benzene rings is 4. The normalized spacial score (nSPS) is 10.7. The third-order valence-corrected chi connectivity index (χ3v) is 4.80. The van der Waals surface area contributed by atoms with E-state index in [4.69, 9.17) is 11.5 Å². The molecule has 2 nitrogen and oxygen atoms in total. The molecule has 4 N–H and O–H groups in total. The second kappa shape index (κ2) is 7.38. The molecule has 0 radical (unpaired) electrons. The molecular weight excluding hydrogens is 328 g/mol. The molecule has 0 aliphatic rings. The average Bonchev–Trinajstić information content (AvgIpc) is 2.71. The summed E-state index contributed by atoms with van der Waals surface area (Å²) in [6.45, 7) is 0. The smallest absolute Gasteiger partial charge is 0.0314 e. The van der Waals surface area contributed by atoms with Gasteiger partial charge in [0.15, 0.2) is 0 Å². The van der Waals surface area contributed by atoms with Gasteiger partial charge in [-0.15, -0.1) is 0 Å². The summed E-state index contributed by atoms with van der Waals surface area (Å²) in [4.78, 5) is 0. The quantitative estimate of drug-likeness (QED) is 0.459. The van der Waals surface area contributed by atoms with Crippen LogP contribution in [0, 0.1) is 0 Å². The van der Waals surface area contributed by atoms with Crippen molar-refractivity contribution in [1.29, 1.82) is 0 Å². The van der Waals surface area contributed by atoms with Crippen molar-refractivity contribution in [2.24, 2.45) is 0 Å². The van der Waals surface area contributed by atoms with Crippen LogP contribution >= 0.6 is 0 Å². The largest absolute Gasteiger partial charge is 0.399 e. The molecule has 0 bridgehead atoms. The van der Waals surface area contributed by atoms with Crippen LogP contribution < -0.4 is 11.5 Å². The van der Waals surface area contributed by atoms with E-state index in [1.165, 1.54) is 33.4 Å². The molecule has 0 aliphatic carbocycles. The summed E-state index contributed by atoms with van der Waals surface area (Å²) in [6, 6.07) is 33.4. The van der Waals surface area contributed by atoms with Crippen molar-refractivity contribution in [3.05, 3.63) is 108 Å². The highest BCUT2D eigenvalue weighted by Gasteiger charge is 2.02. The Labute approximate surface area is 160 Å². The van der Waals surface area contributed by atoms with E-state index in [1.807, 2.05) is 24.3 Å². The number of rotatable bonds is 4. The minimum Gasteiger partial charge on any atom is -0.399 e. The van der Waals surface area contributed by atoms with Gasteiger partial charge >= 0.3 is 0 Å². The fraction of sp³-hybridized carbons (Fsp3) is 0.0400. The van der Waals surface area contributed by atoms with Gasteiger partial charge in [0.1, 0.15) is 0 Å². The van der Waals surface area contributed by atoms with Gasteiger partial charge in [-0.3, -0.25) is 0 Å². The van der Waals surface area contributed by atoms with Gasteiger partial charge in [0.25, 0.3) is 0 Å². The molecule has 4 rings (SSSR count). The Hall–Kier alpha value is -3.52. The Morgan fingerprint density at radius 2 is 0.630 bits per heavy atom. The van der Waals surface area contributed by atoms with Crippen LogP contribution in [0.5, 0.6) is 0 Å². The summed E-state index contributed by atoms with van der Waals surface area (Å²) in [6.07, 6.45) is 0.921. The van der Waals surface area contributed by atoms with Gasteiger partial charge < -0.3 is 11.5 Å². The molecule has 0 aromatic heterocycles. The minimum atomic E-state index is 0.790. The van der Waals surface area contributed by atoms with Crippen molar-refractivity contribution < 1.29 is 0 Å². The zero-order chi connectivity index (χ0) is 18.6. The van der Waals surface area contributed by atoms with Crippen molar-refractivity contribution in [2.75, 3.05) is 11.5 Å². The number of hydrogen-bond acceptors (Lipinski definition) is 2. The van der Waals surface area contributed by atoms with E-state index in [9.17, 15) is 0 Å². The van der Waals surface area contributed by atoms with Gasteiger partial charge in [0.05, 0.1) is 0 Å². The number of hydrogen-bond donors (Lipinski definition) is 2. The van der Waals surface area contributed by atoms with E-state index in [0.717, 1.165) is 17.8 Å². The maximum Gasteiger partial charge on any atom is 0.0314 e. The lowest BCUT2D eigenvalue weighted by atomic mass is 9.98. The second-order valence-electron chi connectivity index (χ2n) is 6.81. The first-order valence-electron chi connectivity index (χ1n) is 9.07. The van der Waals surface area contributed by atoms with Crippen LogP contribution in [0.1, 0.15) is 11.1 Å². The molecule has 0 aliphatic heterocycles. The highest BCUT2D eigenvalue weighted by Crippen LogP contribution is 2.24. The van der Waals surface area contributed by atoms with E-state index in [-0.39, 0.29) is 0 Å². The third kappa shape index (κ3) is 4.01. The van der Waals surface area contributed by atoms with Crippen LogP contribution in [-0.2, 0) is 6.42 Å². The molecule has 0 unspecified atom stereocenters. The zero-order valence-electron chi connectivity index (χ0n) is 15.1. The molecular formula is C25H22N2. The molecule has 0 fully saturated rings. The topological polar surface area (TPSA) is 52.0 Å². The number of nitrogen functional groups attached to an aromatic ring is 2. The first-order valence-corrected chi connectivity index (χ1v) is 9.07. The molecule has 0 amide bonds. The van der Waals surface area contributed by atoms with Crippen LogP contribution in [0.4, 0.5) is 11.4 Å². The van der Waals surface area contributed by atoms with Crippen LogP contribution in [0.2, 0.25) is 0 Å². The summed E-state index contributed by atoms with van der Waals surface area (Å²) in [7, 11) is 0. The Morgan fingerprint density at radius 3 is 0.926 bits per heavy atom. The van der Waals surface area contributed by atoms with E-state index in [0.29, 0.717) is 0 Å². The predicted octanol–water partition coefficient (Wildman–Crippen LogP) is 5.78. The molecule has 2 heteroatoms. The molecule has 132 valence electrons. The van der Waals surface area contributed by atoms with Crippen molar-refractivity contribution in [1.82, 2.24) is 0 Å².